The number of esters is 1. The Labute approximate surface area is 153 Å². The average Bonchev–Trinajstić information content (AvgIpc) is 3.03. The monoisotopic (exact) mass is 359 g/mol. The van der Waals surface area contributed by atoms with Crippen molar-refractivity contribution < 1.29 is 19.4 Å². The molecule has 1 atom stereocenters. The van der Waals surface area contributed by atoms with Gasteiger partial charge in [0.1, 0.15) is 6.61 Å². The zero-order chi connectivity index (χ0) is 18.7. The molecular weight excluding hydrogens is 334 g/mol. The maximum Gasteiger partial charge on any atom is 0.338 e. The van der Waals surface area contributed by atoms with E-state index in [0.29, 0.717) is 17.8 Å². The molecule has 7 nitrogen and oxygen atoms in total. The van der Waals surface area contributed by atoms with Gasteiger partial charge in [-0.3, -0.25) is 9.79 Å². The first-order chi connectivity index (χ1) is 12.5. The highest BCUT2D eigenvalue weighted by Crippen LogP contribution is 2.25. The summed E-state index contributed by atoms with van der Waals surface area (Å²) in [6.07, 6.45) is 1.08. The van der Waals surface area contributed by atoms with Crippen LogP contribution >= 0.6 is 0 Å². The summed E-state index contributed by atoms with van der Waals surface area (Å²) in [5, 5.41) is 13.5. The molecule has 0 spiro atoms. The van der Waals surface area contributed by atoms with E-state index in [0.717, 1.165) is 37.1 Å². The molecule has 2 N–H and O–H groups in total. The van der Waals surface area contributed by atoms with Gasteiger partial charge in [-0.15, -0.1) is 0 Å². The highest BCUT2D eigenvalue weighted by atomic mass is 16.5. The normalized spacial score (nSPS) is 19.8. The lowest BCUT2D eigenvalue weighted by molar-refractivity contribution is -0.115. The van der Waals surface area contributed by atoms with Gasteiger partial charge in [-0.25, -0.2) is 4.79 Å². The first kappa shape index (κ1) is 18.5. The molecule has 140 valence electrons. The lowest BCUT2D eigenvalue weighted by Gasteiger charge is -2.33. The molecule has 1 amide bonds. The van der Waals surface area contributed by atoms with Crippen LogP contribution in [-0.2, 0) is 16.1 Å². The summed E-state index contributed by atoms with van der Waals surface area (Å²) < 4.78 is 5.00. The second kappa shape index (κ2) is 7.97. The number of ether oxygens (including phenoxy) is 1. The molecule has 0 aliphatic carbocycles. The van der Waals surface area contributed by atoms with E-state index in [4.69, 9.17) is 4.74 Å². The molecule has 2 aliphatic rings. The van der Waals surface area contributed by atoms with Crippen molar-refractivity contribution in [1.82, 2.24) is 10.2 Å². The van der Waals surface area contributed by atoms with E-state index in [-0.39, 0.29) is 24.5 Å². The predicted molar refractivity (Wildman–Crippen MR) is 97.2 cm³/mol. The van der Waals surface area contributed by atoms with Crippen LogP contribution in [0.5, 0.6) is 0 Å². The molecule has 26 heavy (non-hydrogen) atoms. The molecule has 0 radical (unpaired) electrons. The number of fused-ring (bicyclic) bond motifs is 1. The minimum Gasteiger partial charge on any atom is -0.457 e. The molecule has 7 heteroatoms. The summed E-state index contributed by atoms with van der Waals surface area (Å²) in [5.41, 5.74) is 2.71. The molecule has 2 aliphatic heterocycles. The summed E-state index contributed by atoms with van der Waals surface area (Å²) in [5.74, 6) is -0.408. The number of aliphatic imine (C=N–C) groups is 1. The zero-order valence-electron chi connectivity index (χ0n) is 15.2. The van der Waals surface area contributed by atoms with Gasteiger partial charge < -0.3 is 20.1 Å². The van der Waals surface area contributed by atoms with Crippen molar-refractivity contribution in [3.05, 3.63) is 34.9 Å². The number of amides is 1. The van der Waals surface area contributed by atoms with Gasteiger partial charge in [-0.1, -0.05) is 6.07 Å². The third-order valence-corrected chi connectivity index (χ3v) is 5.11. The number of β-amino-alcohol motifs (C(OH)–C–C–N with tert-alkyl or cyclic N) is 1. The largest absolute Gasteiger partial charge is 0.457 e. The van der Waals surface area contributed by atoms with Crippen molar-refractivity contribution in [3.63, 3.8) is 0 Å². The quantitative estimate of drug-likeness (QED) is 0.606. The summed E-state index contributed by atoms with van der Waals surface area (Å²) >= 11 is 0. The van der Waals surface area contributed by atoms with Crippen LogP contribution in [0.1, 0.15) is 47.4 Å². The van der Waals surface area contributed by atoms with E-state index in [1.54, 1.807) is 26.1 Å². The number of hydrogen-bond acceptors (Lipinski definition) is 6. The third-order valence-electron chi connectivity index (χ3n) is 5.11. The minimum atomic E-state index is -0.614. The van der Waals surface area contributed by atoms with Gasteiger partial charge in [0.15, 0.2) is 0 Å². The average molecular weight is 359 g/mol. The van der Waals surface area contributed by atoms with E-state index >= 15 is 0 Å². The number of piperidine rings is 1. The number of nitrogens with zero attached hydrogens (tertiary/aromatic N) is 2. The second-order valence-corrected chi connectivity index (χ2v) is 6.87. The fraction of sp³-hybridized carbons (Fsp3) is 0.526. The number of rotatable bonds is 5. The Morgan fingerprint density at radius 1 is 1.42 bits per heavy atom. The first-order valence-corrected chi connectivity index (χ1v) is 8.92. The van der Waals surface area contributed by atoms with E-state index in [1.807, 2.05) is 6.07 Å². The highest BCUT2D eigenvalue weighted by molar-refractivity contribution is 6.37. The number of nitrogens with one attached hydrogen (secondary N) is 1. The summed E-state index contributed by atoms with van der Waals surface area (Å²) in [6, 6.07) is 5.51. The Balaban J connectivity index is 1.50. The van der Waals surface area contributed by atoms with Crippen molar-refractivity contribution in [2.75, 3.05) is 26.7 Å². The number of carbonyl (C=O) groups excluding carboxylic acids is 2. The molecule has 1 aromatic rings. The van der Waals surface area contributed by atoms with Crippen LogP contribution in [0.3, 0.4) is 0 Å². The fourth-order valence-corrected chi connectivity index (χ4v) is 3.36. The van der Waals surface area contributed by atoms with Gasteiger partial charge >= 0.3 is 5.97 Å². The molecule has 1 fully saturated rings. The summed E-state index contributed by atoms with van der Waals surface area (Å²) in [6.45, 7) is 4.15. The topological polar surface area (TPSA) is 91.2 Å². The van der Waals surface area contributed by atoms with Crippen LogP contribution in [0.15, 0.2) is 23.2 Å². The van der Waals surface area contributed by atoms with Gasteiger partial charge in [0.2, 0.25) is 0 Å². The summed E-state index contributed by atoms with van der Waals surface area (Å²) in [7, 11) is 1.61. The molecular formula is C19H25N3O4. The van der Waals surface area contributed by atoms with Crippen LogP contribution in [0.25, 0.3) is 0 Å². The van der Waals surface area contributed by atoms with Gasteiger partial charge in [-0.05, 0) is 37.5 Å². The van der Waals surface area contributed by atoms with Crippen molar-refractivity contribution in [2.24, 2.45) is 4.99 Å². The fourth-order valence-electron chi connectivity index (χ4n) is 3.36. The van der Waals surface area contributed by atoms with Gasteiger partial charge in [0.25, 0.3) is 5.91 Å². The molecule has 1 saturated heterocycles. The number of likely N-dealkylation sites (tertiary alicyclic amines) is 1. The zero-order valence-corrected chi connectivity index (χ0v) is 15.2. The number of aliphatic hydroxyl groups is 1. The van der Waals surface area contributed by atoms with Crippen LogP contribution in [-0.4, -0.2) is 60.3 Å². The second-order valence-electron chi connectivity index (χ2n) is 6.87. The Morgan fingerprint density at radius 3 is 2.85 bits per heavy atom. The van der Waals surface area contributed by atoms with Gasteiger partial charge in [0.05, 0.1) is 17.4 Å². The van der Waals surface area contributed by atoms with E-state index in [9.17, 15) is 14.7 Å². The van der Waals surface area contributed by atoms with E-state index in [1.165, 1.54) is 0 Å². The Kier molecular flexibility index (Phi) is 5.68. The number of aliphatic hydroxyl groups excluding tert-OH is 1. The smallest absolute Gasteiger partial charge is 0.338 e. The lowest BCUT2D eigenvalue weighted by Crippen LogP contribution is -2.47. The standard InChI is InChI=1S/C19H25N3O4/c1-12(20-2)18(24)21-15-5-7-22(8-6-15)10-17(23)13-3-4-16-14(9-13)11-26-19(16)25/h3-4,9,15,17,23H,5-8,10-11H2,1-2H3,(H,21,24)/b20-12+/t17-/m0/s1. The van der Waals surface area contributed by atoms with Crippen LogP contribution in [0.4, 0.5) is 0 Å². The van der Waals surface area contributed by atoms with Crippen molar-refractivity contribution >= 4 is 17.6 Å². The van der Waals surface area contributed by atoms with Crippen LogP contribution < -0.4 is 5.32 Å². The molecule has 3 rings (SSSR count). The number of carbonyl (C=O) groups is 2. The van der Waals surface area contributed by atoms with E-state index < -0.39 is 6.10 Å². The van der Waals surface area contributed by atoms with Crippen molar-refractivity contribution in [1.29, 1.82) is 0 Å². The van der Waals surface area contributed by atoms with Crippen molar-refractivity contribution in [2.45, 2.75) is 38.5 Å². The third kappa shape index (κ3) is 4.11. The van der Waals surface area contributed by atoms with E-state index in [2.05, 4.69) is 15.2 Å². The van der Waals surface area contributed by atoms with Gasteiger partial charge in [0, 0.05) is 38.3 Å². The summed E-state index contributed by atoms with van der Waals surface area (Å²) in [4.78, 5) is 29.5. The number of cyclic esters (lactones) is 1. The predicted octanol–water partition coefficient (Wildman–Crippen LogP) is 1.06. The molecule has 2 heterocycles. The van der Waals surface area contributed by atoms with Crippen molar-refractivity contribution in [3.8, 4) is 0 Å². The number of hydrogen-bond donors (Lipinski definition) is 2. The molecule has 0 bridgehead atoms. The molecule has 0 aromatic heterocycles. The Morgan fingerprint density at radius 2 is 2.15 bits per heavy atom. The Hall–Kier alpha value is -2.25. The molecule has 1 aromatic carbocycles. The Bertz CT molecular complexity index is 723. The maximum atomic E-state index is 11.9. The molecule has 0 unspecified atom stereocenters. The number of benzene rings is 1. The van der Waals surface area contributed by atoms with Gasteiger partial charge in [-0.2, -0.15) is 0 Å². The maximum absolute atomic E-state index is 11.9. The minimum absolute atomic E-state index is 0.110. The highest BCUT2D eigenvalue weighted by Gasteiger charge is 2.25. The van der Waals surface area contributed by atoms with Crippen LogP contribution in [0, 0.1) is 0 Å². The van der Waals surface area contributed by atoms with Crippen LogP contribution in [0.2, 0.25) is 0 Å². The lowest BCUT2D eigenvalue weighted by atomic mass is 10.0. The first-order valence-electron chi connectivity index (χ1n) is 8.92. The molecule has 0 saturated carbocycles. The SMILES string of the molecule is C/N=C(\C)C(=O)NC1CCN(C[C@H](O)c2ccc3c(c2)COC3=O)CC1.